The molecule has 4 N–H and O–H groups in total. The molecule has 0 atom stereocenters. The summed E-state index contributed by atoms with van der Waals surface area (Å²) in [6.45, 7) is 9.73. The lowest BCUT2D eigenvalue weighted by molar-refractivity contribution is 0.203. The van der Waals surface area contributed by atoms with Crippen LogP contribution in [0.4, 0.5) is 21.9 Å². The lowest BCUT2D eigenvalue weighted by Crippen LogP contribution is -2.29. The minimum Gasteiger partial charge on any atom is -0.439 e. The van der Waals surface area contributed by atoms with Crippen LogP contribution in [0.2, 0.25) is 0 Å². The Morgan fingerprint density at radius 3 is 1.89 bits per heavy atom. The molecule has 14 nitrogen and oxygen atoms in total. The standard InChI is InChI=1S/C20H23N5O2.C13H17N3O.C7H6N2O/c1-14-8-9-15(12-21-14)22-20(26)23-16-6-5-7-17-19(16)24-18(27-17)13-25-10-3-2-4-11-25;14-10-5-4-6-11-13(10)15-12(17-11)9-16-7-2-1-3-8-16;1-6-2-3-7(4-9-6)10-5-8/h5-9,12H,2-4,10-11,13H2,1H3,(H2,22,23,26);4-6H,1-3,7-9,14H2;2-4H,1H3. The Morgan fingerprint density at radius 2 is 1.33 bits per heavy atom. The van der Waals surface area contributed by atoms with Gasteiger partial charge in [-0.25, -0.2) is 14.8 Å². The third kappa shape index (κ3) is 10.8. The van der Waals surface area contributed by atoms with Crippen molar-refractivity contribution >= 4 is 45.3 Å². The van der Waals surface area contributed by atoms with Crippen LogP contribution in [0.1, 0.15) is 61.7 Å². The number of carbonyl (C=O) groups excluding carboxylic acids is 1. The molecule has 6 aromatic rings. The lowest BCUT2D eigenvalue weighted by Gasteiger charge is -2.24. The summed E-state index contributed by atoms with van der Waals surface area (Å²) in [5, 5.41) is 13.7. The first-order valence-electron chi connectivity index (χ1n) is 18.3. The molecule has 2 aliphatic rings. The van der Waals surface area contributed by atoms with E-state index >= 15 is 0 Å². The molecule has 0 aliphatic carbocycles. The second-order valence-electron chi connectivity index (χ2n) is 13.3. The molecule has 6 heterocycles. The van der Waals surface area contributed by atoms with Crippen LogP contribution >= 0.6 is 0 Å². The summed E-state index contributed by atoms with van der Waals surface area (Å²) in [7, 11) is 0. The number of aromatic nitrogens is 4. The highest BCUT2D eigenvalue weighted by Gasteiger charge is 2.17. The number of likely N-dealkylation sites (tertiary alicyclic amines) is 2. The number of pyridine rings is 2. The van der Waals surface area contributed by atoms with Gasteiger partial charge in [-0.3, -0.25) is 19.8 Å². The fourth-order valence-corrected chi connectivity index (χ4v) is 6.26. The summed E-state index contributed by atoms with van der Waals surface area (Å²) < 4.78 is 16.1. The Labute approximate surface area is 314 Å². The van der Waals surface area contributed by atoms with Gasteiger partial charge in [-0.2, -0.15) is 0 Å². The van der Waals surface area contributed by atoms with E-state index in [-0.39, 0.29) is 6.03 Å². The number of carbonyl (C=O) groups is 1. The number of nitrogens with one attached hydrogen (secondary N) is 2. The first kappa shape index (κ1) is 37.7. The van der Waals surface area contributed by atoms with Gasteiger partial charge in [0, 0.05) is 11.4 Å². The average Bonchev–Trinajstić information content (AvgIpc) is 3.80. The summed E-state index contributed by atoms with van der Waals surface area (Å²) in [5.74, 6) is 1.94. The number of nitrogens with two attached hydrogens (primary N) is 1. The molecule has 0 radical (unpaired) electrons. The maximum Gasteiger partial charge on any atom is 0.323 e. The van der Waals surface area contributed by atoms with Crippen molar-refractivity contribution in [2.75, 3.05) is 42.5 Å². The van der Waals surface area contributed by atoms with E-state index in [0.29, 0.717) is 46.3 Å². The lowest BCUT2D eigenvalue weighted by atomic mass is 10.1. The number of hydrogen-bond donors (Lipinski definition) is 3. The molecule has 2 aromatic carbocycles. The van der Waals surface area contributed by atoms with Gasteiger partial charge < -0.3 is 29.9 Å². The van der Waals surface area contributed by atoms with Gasteiger partial charge in [0.05, 0.1) is 42.5 Å². The number of nitrogens with zero attached hydrogens (tertiary/aromatic N) is 7. The fourth-order valence-electron chi connectivity index (χ4n) is 6.26. The second kappa shape index (κ2) is 18.6. The molecule has 0 bridgehead atoms. The zero-order valence-corrected chi connectivity index (χ0v) is 30.8. The average molecular weight is 731 g/mol. The number of aryl methyl sites for hydroxylation is 2. The van der Waals surface area contributed by atoms with Crippen molar-refractivity contribution in [3.63, 3.8) is 0 Å². The SMILES string of the molecule is Cc1ccc(NC(=O)Nc2cccc3oc(CN4CCCCC4)nc23)cn1.Cc1ccc(OC#N)cn1.Nc1cccc2oc(CN3CCCCC3)nc12. The Kier molecular flexibility index (Phi) is 13.0. The van der Waals surface area contributed by atoms with Gasteiger partial charge in [-0.15, -0.1) is 5.26 Å². The number of anilines is 3. The van der Waals surface area contributed by atoms with Gasteiger partial charge in [-0.05, 0) is 114 Å². The molecule has 8 rings (SSSR count). The van der Waals surface area contributed by atoms with Crippen LogP contribution in [-0.2, 0) is 13.1 Å². The predicted octanol–water partition coefficient (Wildman–Crippen LogP) is 7.81. The van der Waals surface area contributed by atoms with E-state index in [2.05, 4.69) is 45.1 Å². The number of nitriles is 1. The van der Waals surface area contributed by atoms with Crippen LogP contribution in [0.25, 0.3) is 22.2 Å². The predicted molar refractivity (Wildman–Crippen MR) is 208 cm³/mol. The molecule has 4 aromatic heterocycles. The number of piperidine rings is 2. The molecule has 0 saturated carbocycles. The normalized spacial score (nSPS) is 14.6. The monoisotopic (exact) mass is 730 g/mol. The number of benzene rings is 2. The van der Waals surface area contributed by atoms with Crippen LogP contribution in [-0.4, -0.2) is 61.9 Å². The van der Waals surface area contributed by atoms with E-state index in [9.17, 15) is 4.79 Å². The Hall–Kier alpha value is -6.04. The molecule has 2 saturated heterocycles. The Morgan fingerprint density at radius 1 is 0.759 bits per heavy atom. The van der Waals surface area contributed by atoms with E-state index in [4.69, 9.17) is 19.8 Å². The molecule has 2 fully saturated rings. The summed E-state index contributed by atoms with van der Waals surface area (Å²) in [5.41, 5.74) is 12.5. The van der Waals surface area contributed by atoms with Crippen molar-refractivity contribution in [3.8, 4) is 12.0 Å². The minimum absolute atomic E-state index is 0.339. The highest BCUT2D eigenvalue weighted by atomic mass is 16.5. The Bertz CT molecular complexity index is 2150. The zero-order chi connectivity index (χ0) is 37.7. The molecular weight excluding hydrogens is 685 g/mol. The number of nitrogen functional groups attached to an aromatic ring is 1. The first-order chi connectivity index (χ1) is 26.3. The molecule has 0 unspecified atom stereocenters. The number of fused-ring (bicyclic) bond motifs is 2. The molecule has 2 amide bonds. The van der Waals surface area contributed by atoms with Gasteiger partial charge in [-0.1, -0.05) is 25.0 Å². The summed E-state index contributed by atoms with van der Waals surface area (Å²) in [6, 6.07) is 18.0. The van der Waals surface area contributed by atoms with Crippen molar-refractivity contribution in [1.29, 1.82) is 5.26 Å². The van der Waals surface area contributed by atoms with E-state index in [1.807, 2.05) is 62.4 Å². The van der Waals surface area contributed by atoms with Gasteiger partial charge in [0.1, 0.15) is 11.0 Å². The van der Waals surface area contributed by atoms with Crippen LogP contribution < -0.4 is 21.1 Å². The highest BCUT2D eigenvalue weighted by Crippen LogP contribution is 2.26. The summed E-state index contributed by atoms with van der Waals surface area (Å²) >= 11 is 0. The fraction of sp³-hybridized carbons (Fsp3) is 0.350. The number of amides is 2. The maximum absolute atomic E-state index is 12.3. The van der Waals surface area contributed by atoms with Crippen LogP contribution in [0, 0.1) is 25.4 Å². The van der Waals surface area contributed by atoms with E-state index in [0.717, 1.165) is 61.1 Å². The quantitative estimate of drug-likeness (QED) is 0.107. The number of rotatable bonds is 7. The van der Waals surface area contributed by atoms with Crippen LogP contribution in [0.15, 0.2) is 81.9 Å². The van der Waals surface area contributed by atoms with E-state index in [1.165, 1.54) is 44.7 Å². The van der Waals surface area contributed by atoms with Gasteiger partial charge in [0.25, 0.3) is 6.26 Å². The molecular formula is C40H46N10O4. The smallest absolute Gasteiger partial charge is 0.323 e. The molecule has 0 spiro atoms. The number of urea groups is 1. The van der Waals surface area contributed by atoms with Crippen molar-refractivity contribution < 1.29 is 18.4 Å². The van der Waals surface area contributed by atoms with E-state index in [1.54, 1.807) is 24.6 Å². The number of hydrogen-bond acceptors (Lipinski definition) is 12. The second-order valence-corrected chi connectivity index (χ2v) is 13.3. The Balaban J connectivity index is 0.000000156. The number of oxazole rings is 2. The maximum atomic E-state index is 12.3. The zero-order valence-electron chi connectivity index (χ0n) is 30.8. The third-order valence-electron chi connectivity index (χ3n) is 9.04. The minimum atomic E-state index is -0.339. The highest BCUT2D eigenvalue weighted by molar-refractivity contribution is 6.04. The van der Waals surface area contributed by atoms with Crippen molar-refractivity contribution in [3.05, 3.63) is 96.2 Å². The molecule has 280 valence electrons. The summed E-state index contributed by atoms with van der Waals surface area (Å²) in [6.07, 6.45) is 12.3. The van der Waals surface area contributed by atoms with Crippen molar-refractivity contribution in [1.82, 2.24) is 29.7 Å². The van der Waals surface area contributed by atoms with Crippen LogP contribution in [0.5, 0.6) is 5.75 Å². The van der Waals surface area contributed by atoms with E-state index < -0.39 is 0 Å². The van der Waals surface area contributed by atoms with Crippen molar-refractivity contribution in [2.24, 2.45) is 0 Å². The number of ether oxygens (including phenoxy) is 1. The van der Waals surface area contributed by atoms with Crippen LogP contribution in [0.3, 0.4) is 0 Å². The first-order valence-corrected chi connectivity index (χ1v) is 18.3. The summed E-state index contributed by atoms with van der Waals surface area (Å²) in [4.78, 5) is 34.3. The largest absolute Gasteiger partial charge is 0.439 e. The molecule has 2 aliphatic heterocycles. The van der Waals surface area contributed by atoms with Gasteiger partial charge in [0.2, 0.25) is 11.8 Å². The topological polar surface area (TPSA) is 184 Å². The molecule has 54 heavy (non-hydrogen) atoms. The van der Waals surface area contributed by atoms with Gasteiger partial charge >= 0.3 is 6.03 Å². The molecule has 14 heteroatoms. The number of para-hydroxylation sites is 2. The van der Waals surface area contributed by atoms with Crippen molar-refractivity contribution in [2.45, 2.75) is 65.5 Å². The van der Waals surface area contributed by atoms with Gasteiger partial charge in [0.15, 0.2) is 16.9 Å². The third-order valence-corrected chi connectivity index (χ3v) is 9.04.